The van der Waals surface area contributed by atoms with Crippen LogP contribution in [0.5, 0.6) is 5.75 Å². The molecule has 1 N–H and O–H groups in total. The third kappa shape index (κ3) is 4.00. The van der Waals surface area contributed by atoms with Crippen LogP contribution >= 0.6 is 0 Å². The van der Waals surface area contributed by atoms with Gasteiger partial charge in [-0.2, -0.15) is 0 Å². The monoisotopic (exact) mass is 362 g/mol. The van der Waals surface area contributed by atoms with Crippen molar-refractivity contribution in [2.45, 2.75) is 18.9 Å². The molecule has 1 aliphatic heterocycles. The van der Waals surface area contributed by atoms with Gasteiger partial charge in [-0.05, 0) is 36.2 Å². The van der Waals surface area contributed by atoms with Crippen molar-refractivity contribution in [1.82, 2.24) is 14.9 Å². The molecule has 2 aromatic carbocycles. The summed E-state index contributed by atoms with van der Waals surface area (Å²) in [6, 6.07) is 15.8. The number of hydrogen-bond donors (Lipinski definition) is 1. The van der Waals surface area contributed by atoms with E-state index in [0.29, 0.717) is 25.3 Å². The van der Waals surface area contributed by atoms with Crippen molar-refractivity contribution in [2.24, 2.45) is 0 Å². The molecule has 0 unspecified atom stereocenters. The van der Waals surface area contributed by atoms with Gasteiger partial charge in [0, 0.05) is 19.5 Å². The SMILES string of the molecule is COc1ccc(CCN2C[C@@H](Nc3cnc4ccccc4n3)CC2=O)cc1. The van der Waals surface area contributed by atoms with Crippen LogP contribution in [0.4, 0.5) is 5.82 Å². The molecule has 4 rings (SSSR count). The van der Waals surface area contributed by atoms with Gasteiger partial charge in [0.05, 0.1) is 30.4 Å². The van der Waals surface area contributed by atoms with E-state index in [1.54, 1.807) is 13.3 Å². The van der Waals surface area contributed by atoms with Gasteiger partial charge in [-0.3, -0.25) is 9.78 Å². The molecule has 1 atom stereocenters. The summed E-state index contributed by atoms with van der Waals surface area (Å²) in [6.07, 6.45) is 3.04. The van der Waals surface area contributed by atoms with Crippen LogP contribution in [0.2, 0.25) is 0 Å². The molecule has 0 aliphatic carbocycles. The first-order chi connectivity index (χ1) is 13.2. The molecule has 27 heavy (non-hydrogen) atoms. The van der Waals surface area contributed by atoms with Crippen LogP contribution in [0.25, 0.3) is 11.0 Å². The number of fused-ring (bicyclic) bond motifs is 1. The lowest BCUT2D eigenvalue weighted by molar-refractivity contribution is -0.127. The van der Waals surface area contributed by atoms with Gasteiger partial charge in [-0.15, -0.1) is 0 Å². The van der Waals surface area contributed by atoms with Crippen molar-refractivity contribution < 1.29 is 9.53 Å². The average molecular weight is 362 g/mol. The maximum atomic E-state index is 12.3. The van der Waals surface area contributed by atoms with Gasteiger partial charge in [-0.1, -0.05) is 24.3 Å². The van der Waals surface area contributed by atoms with E-state index in [-0.39, 0.29) is 11.9 Å². The van der Waals surface area contributed by atoms with Gasteiger partial charge in [0.1, 0.15) is 11.6 Å². The number of nitrogens with zero attached hydrogens (tertiary/aromatic N) is 3. The van der Waals surface area contributed by atoms with E-state index >= 15 is 0 Å². The third-order valence-corrected chi connectivity index (χ3v) is 4.84. The molecule has 3 aromatic rings. The Morgan fingerprint density at radius 3 is 2.70 bits per heavy atom. The van der Waals surface area contributed by atoms with Gasteiger partial charge in [0.25, 0.3) is 0 Å². The minimum absolute atomic E-state index is 0.0591. The quantitative estimate of drug-likeness (QED) is 0.730. The fourth-order valence-electron chi connectivity index (χ4n) is 3.38. The van der Waals surface area contributed by atoms with Crippen LogP contribution in [0.1, 0.15) is 12.0 Å². The molecule has 0 spiro atoms. The molecule has 6 nitrogen and oxygen atoms in total. The number of carbonyl (C=O) groups is 1. The number of carbonyl (C=O) groups excluding carboxylic acids is 1. The molecule has 0 saturated carbocycles. The highest BCUT2D eigenvalue weighted by atomic mass is 16.5. The number of aromatic nitrogens is 2. The fraction of sp³-hybridized carbons (Fsp3) is 0.286. The maximum Gasteiger partial charge on any atom is 0.224 e. The summed E-state index contributed by atoms with van der Waals surface area (Å²) in [5.41, 5.74) is 2.91. The summed E-state index contributed by atoms with van der Waals surface area (Å²) < 4.78 is 5.18. The van der Waals surface area contributed by atoms with Crippen LogP contribution in [0.3, 0.4) is 0 Å². The van der Waals surface area contributed by atoms with Crippen LogP contribution in [-0.2, 0) is 11.2 Å². The number of amides is 1. The number of para-hydroxylation sites is 2. The van der Waals surface area contributed by atoms with Gasteiger partial charge < -0.3 is 15.0 Å². The van der Waals surface area contributed by atoms with Crippen molar-refractivity contribution in [3.05, 3.63) is 60.3 Å². The molecule has 1 fully saturated rings. The molecule has 1 amide bonds. The second kappa shape index (κ2) is 7.61. The number of rotatable bonds is 6. The summed E-state index contributed by atoms with van der Waals surface area (Å²) >= 11 is 0. The number of benzene rings is 2. The Hall–Kier alpha value is -3.15. The predicted molar refractivity (Wildman–Crippen MR) is 105 cm³/mol. The van der Waals surface area contributed by atoms with Gasteiger partial charge in [0.2, 0.25) is 5.91 Å². The lowest BCUT2D eigenvalue weighted by Gasteiger charge is -2.17. The Bertz CT molecular complexity index is 942. The van der Waals surface area contributed by atoms with Gasteiger partial charge >= 0.3 is 0 Å². The molecular formula is C21H22N4O2. The van der Waals surface area contributed by atoms with E-state index in [2.05, 4.69) is 15.3 Å². The normalized spacial score (nSPS) is 16.7. The molecule has 0 bridgehead atoms. The zero-order valence-corrected chi connectivity index (χ0v) is 15.3. The predicted octanol–water partition coefficient (Wildman–Crippen LogP) is 2.89. The number of methoxy groups -OCH3 is 1. The molecule has 2 heterocycles. The van der Waals surface area contributed by atoms with Gasteiger partial charge in [0.15, 0.2) is 0 Å². The Kier molecular flexibility index (Phi) is 4.87. The lowest BCUT2D eigenvalue weighted by Crippen LogP contribution is -2.30. The highest BCUT2D eigenvalue weighted by Crippen LogP contribution is 2.18. The number of hydrogen-bond acceptors (Lipinski definition) is 5. The minimum Gasteiger partial charge on any atom is -0.497 e. The number of likely N-dealkylation sites (tertiary alicyclic amines) is 1. The van der Waals surface area contributed by atoms with Gasteiger partial charge in [-0.25, -0.2) is 4.98 Å². The Morgan fingerprint density at radius 2 is 1.93 bits per heavy atom. The van der Waals surface area contributed by atoms with E-state index in [1.165, 1.54) is 5.56 Å². The topological polar surface area (TPSA) is 67.3 Å². The molecule has 1 aliphatic rings. The number of ether oxygens (including phenoxy) is 1. The van der Waals surface area contributed by atoms with Crippen molar-refractivity contribution in [1.29, 1.82) is 0 Å². The van der Waals surface area contributed by atoms with E-state index in [1.807, 2.05) is 53.4 Å². The van der Waals surface area contributed by atoms with E-state index < -0.39 is 0 Å². The zero-order chi connectivity index (χ0) is 18.6. The zero-order valence-electron chi connectivity index (χ0n) is 15.3. The van der Waals surface area contributed by atoms with E-state index in [0.717, 1.165) is 23.2 Å². The molecular weight excluding hydrogens is 340 g/mol. The van der Waals surface area contributed by atoms with Crippen molar-refractivity contribution in [3.8, 4) is 5.75 Å². The van der Waals surface area contributed by atoms with E-state index in [4.69, 9.17) is 4.74 Å². The summed E-state index contributed by atoms with van der Waals surface area (Å²) in [6.45, 7) is 1.40. The Morgan fingerprint density at radius 1 is 1.15 bits per heavy atom. The average Bonchev–Trinajstić information content (AvgIpc) is 3.05. The van der Waals surface area contributed by atoms with Crippen LogP contribution in [0.15, 0.2) is 54.7 Å². The smallest absolute Gasteiger partial charge is 0.224 e. The van der Waals surface area contributed by atoms with E-state index in [9.17, 15) is 4.79 Å². The summed E-state index contributed by atoms with van der Waals surface area (Å²) in [7, 11) is 1.66. The first-order valence-electron chi connectivity index (χ1n) is 9.10. The highest BCUT2D eigenvalue weighted by Gasteiger charge is 2.29. The third-order valence-electron chi connectivity index (χ3n) is 4.84. The fourth-order valence-corrected chi connectivity index (χ4v) is 3.38. The van der Waals surface area contributed by atoms with Crippen molar-refractivity contribution in [3.63, 3.8) is 0 Å². The Labute approximate surface area is 158 Å². The van der Waals surface area contributed by atoms with Crippen LogP contribution in [-0.4, -0.2) is 47.0 Å². The maximum absolute atomic E-state index is 12.3. The van der Waals surface area contributed by atoms with Crippen LogP contribution in [0, 0.1) is 0 Å². The van der Waals surface area contributed by atoms with Crippen LogP contribution < -0.4 is 10.1 Å². The minimum atomic E-state index is 0.0591. The number of anilines is 1. The number of nitrogens with one attached hydrogen (secondary N) is 1. The second-order valence-electron chi connectivity index (χ2n) is 6.73. The summed E-state index contributed by atoms with van der Waals surface area (Å²) in [5, 5.41) is 3.35. The molecule has 138 valence electrons. The van der Waals surface area contributed by atoms with Crippen molar-refractivity contribution in [2.75, 3.05) is 25.5 Å². The summed E-state index contributed by atoms with van der Waals surface area (Å²) in [4.78, 5) is 23.3. The molecule has 1 aromatic heterocycles. The first-order valence-corrected chi connectivity index (χ1v) is 9.10. The lowest BCUT2D eigenvalue weighted by atomic mass is 10.1. The highest BCUT2D eigenvalue weighted by molar-refractivity contribution is 5.80. The first kappa shape index (κ1) is 17.3. The second-order valence-corrected chi connectivity index (χ2v) is 6.73. The summed E-state index contributed by atoms with van der Waals surface area (Å²) in [5.74, 6) is 1.73. The van der Waals surface area contributed by atoms with Crippen molar-refractivity contribution >= 4 is 22.8 Å². The largest absolute Gasteiger partial charge is 0.497 e. The standard InChI is InChI=1S/C21H22N4O2/c1-27-17-8-6-15(7-9-17)10-11-25-14-16(12-21(25)26)23-20-13-22-18-4-2-3-5-19(18)24-20/h2-9,13,16H,10-12,14H2,1H3,(H,23,24)/t16-/m0/s1. The molecule has 0 radical (unpaired) electrons. The Balaban J connectivity index is 1.35. The molecule has 1 saturated heterocycles. The molecule has 6 heteroatoms.